The second-order valence-electron chi connectivity index (χ2n) is 5.20. The maximum atomic E-state index is 12.4. The summed E-state index contributed by atoms with van der Waals surface area (Å²) < 4.78 is 4.42. The van der Waals surface area contributed by atoms with Crippen LogP contribution in [0.1, 0.15) is 31.4 Å². The molecule has 0 atom stereocenters. The lowest BCUT2D eigenvalue weighted by Gasteiger charge is -2.12. The lowest BCUT2D eigenvalue weighted by atomic mass is 10.2. The van der Waals surface area contributed by atoms with Gasteiger partial charge in [0, 0.05) is 18.7 Å². The summed E-state index contributed by atoms with van der Waals surface area (Å²) in [6.45, 7) is 4.56. The van der Waals surface area contributed by atoms with E-state index in [1.807, 2.05) is 0 Å². The summed E-state index contributed by atoms with van der Waals surface area (Å²) >= 11 is 0. The first-order valence-corrected chi connectivity index (χ1v) is 6.64. The van der Waals surface area contributed by atoms with Gasteiger partial charge in [0.05, 0.1) is 6.20 Å². The molecule has 3 heterocycles. The van der Waals surface area contributed by atoms with Crippen LogP contribution >= 0.6 is 0 Å². The Morgan fingerprint density at radius 1 is 1.10 bits per heavy atom. The van der Waals surface area contributed by atoms with Crippen LogP contribution in [0.15, 0.2) is 21.9 Å². The van der Waals surface area contributed by atoms with E-state index >= 15 is 0 Å². The topological polar surface area (TPSA) is 75.9 Å². The van der Waals surface area contributed by atoms with Gasteiger partial charge in [-0.3, -0.25) is 0 Å². The van der Waals surface area contributed by atoms with E-state index in [0.717, 1.165) is 23.0 Å². The van der Waals surface area contributed by atoms with Crippen molar-refractivity contribution in [1.29, 1.82) is 0 Å². The average Bonchev–Trinajstić information content (AvgIpc) is 2.64. The van der Waals surface area contributed by atoms with Crippen LogP contribution in [0.5, 0.6) is 0 Å². The minimum Gasteiger partial charge on any atom is -0.711 e. The van der Waals surface area contributed by atoms with Crippen LogP contribution in [0.3, 0.4) is 0 Å². The molecule has 0 radical (unpaired) electrons. The highest BCUT2D eigenvalue weighted by Gasteiger charge is 2.28. The zero-order valence-electron chi connectivity index (χ0n) is 11.5. The van der Waals surface area contributed by atoms with Gasteiger partial charge in [-0.2, -0.15) is 0 Å². The van der Waals surface area contributed by atoms with Gasteiger partial charge in [-0.05, 0) is 38.3 Å². The van der Waals surface area contributed by atoms with Gasteiger partial charge in [0.2, 0.25) is 0 Å². The number of aromatic nitrogens is 4. The largest absolute Gasteiger partial charge is 0.711 e. The molecule has 0 saturated heterocycles. The maximum Gasteiger partial charge on any atom is 0.439 e. The second-order valence-corrected chi connectivity index (χ2v) is 5.20. The van der Waals surface area contributed by atoms with E-state index in [-0.39, 0.29) is 13.2 Å². The first-order chi connectivity index (χ1) is 9.50. The number of nitrogens with zero attached hydrogens (tertiary/aromatic N) is 4. The van der Waals surface area contributed by atoms with Crippen molar-refractivity contribution in [1.82, 2.24) is 13.9 Å². The standard InChI is InChI=1S/C13H16N4O3.CH4/c1-9-7-10(2)11(16(20)8-9)17-12(18)14-5-3-4-6-15(14)13(17)19;/h7-8H,3-6H2,1-2H3;1H4. The third kappa shape index (κ3) is 2.18. The highest BCUT2D eigenvalue weighted by Crippen LogP contribution is 2.09. The van der Waals surface area contributed by atoms with Crippen molar-refractivity contribution in [2.75, 3.05) is 0 Å². The van der Waals surface area contributed by atoms with E-state index in [4.69, 9.17) is 0 Å². The lowest BCUT2D eigenvalue weighted by Crippen LogP contribution is -2.41. The van der Waals surface area contributed by atoms with Crippen molar-refractivity contribution in [2.24, 2.45) is 0 Å². The Hall–Kier alpha value is -2.31. The van der Waals surface area contributed by atoms with Crippen molar-refractivity contribution in [3.05, 3.63) is 49.6 Å². The first kappa shape index (κ1) is 15.1. The molecule has 0 fully saturated rings. The fraction of sp³-hybridized carbons (Fsp3) is 0.500. The molecule has 3 rings (SSSR count). The lowest BCUT2D eigenvalue weighted by molar-refractivity contribution is -0.600. The zero-order valence-corrected chi connectivity index (χ0v) is 11.5. The van der Waals surface area contributed by atoms with Gasteiger partial charge in [0.1, 0.15) is 0 Å². The Kier molecular flexibility index (Phi) is 3.76. The second kappa shape index (κ2) is 5.23. The number of pyridine rings is 1. The SMILES string of the molecule is C.Cc1cc(C)c(-n2c(=O)n3n(c2=O)CCCC3)[n+]([O-])c1. The molecule has 1 aliphatic rings. The molecular weight excluding hydrogens is 272 g/mol. The van der Waals surface area contributed by atoms with Gasteiger partial charge in [-0.25, -0.2) is 23.7 Å². The number of fused-ring (bicyclic) bond motifs is 1. The quantitative estimate of drug-likeness (QED) is 0.566. The van der Waals surface area contributed by atoms with Crippen LogP contribution in [0.2, 0.25) is 0 Å². The molecule has 0 aromatic carbocycles. The third-order valence-electron chi connectivity index (χ3n) is 3.64. The van der Waals surface area contributed by atoms with Gasteiger partial charge >= 0.3 is 17.2 Å². The monoisotopic (exact) mass is 292 g/mol. The van der Waals surface area contributed by atoms with Gasteiger partial charge in [0.15, 0.2) is 0 Å². The van der Waals surface area contributed by atoms with Crippen molar-refractivity contribution >= 4 is 0 Å². The number of aryl methyl sites for hydroxylation is 2. The molecule has 0 saturated carbocycles. The normalized spacial score (nSPS) is 13.6. The fourth-order valence-corrected chi connectivity index (χ4v) is 2.79. The summed E-state index contributed by atoms with van der Waals surface area (Å²) in [5, 5.41) is 12.1. The zero-order chi connectivity index (χ0) is 14.4. The van der Waals surface area contributed by atoms with Crippen LogP contribution in [0.25, 0.3) is 5.82 Å². The summed E-state index contributed by atoms with van der Waals surface area (Å²) in [6.07, 6.45) is 3.11. The molecule has 0 N–H and O–H groups in total. The number of hydrogen-bond acceptors (Lipinski definition) is 3. The average molecular weight is 292 g/mol. The summed E-state index contributed by atoms with van der Waals surface area (Å²) in [5.41, 5.74) is 0.527. The van der Waals surface area contributed by atoms with Gasteiger partial charge in [0.25, 0.3) is 0 Å². The van der Waals surface area contributed by atoms with E-state index in [1.165, 1.54) is 15.6 Å². The molecule has 0 bridgehead atoms. The highest BCUT2D eigenvalue weighted by atomic mass is 16.5. The molecule has 2 aromatic heterocycles. The smallest absolute Gasteiger partial charge is 0.439 e. The van der Waals surface area contributed by atoms with Crippen LogP contribution in [-0.2, 0) is 13.1 Å². The van der Waals surface area contributed by atoms with E-state index in [1.54, 1.807) is 19.9 Å². The Labute approximate surface area is 122 Å². The molecule has 114 valence electrons. The van der Waals surface area contributed by atoms with Crippen LogP contribution in [0, 0.1) is 19.1 Å². The molecule has 1 aliphatic heterocycles. The van der Waals surface area contributed by atoms with E-state index < -0.39 is 11.4 Å². The molecule has 7 nitrogen and oxygen atoms in total. The summed E-state index contributed by atoms with van der Waals surface area (Å²) in [4.78, 5) is 24.8. The molecule has 0 spiro atoms. The van der Waals surface area contributed by atoms with Crippen molar-refractivity contribution in [2.45, 2.75) is 47.2 Å². The summed E-state index contributed by atoms with van der Waals surface area (Å²) in [7, 11) is 0. The Balaban J connectivity index is 0.00000161. The minimum absolute atomic E-state index is 0. The van der Waals surface area contributed by atoms with Crippen molar-refractivity contribution < 1.29 is 4.73 Å². The number of rotatable bonds is 1. The van der Waals surface area contributed by atoms with Crippen LogP contribution < -0.4 is 16.1 Å². The van der Waals surface area contributed by atoms with E-state index in [2.05, 4.69) is 0 Å². The van der Waals surface area contributed by atoms with Crippen molar-refractivity contribution in [3.63, 3.8) is 0 Å². The molecule has 7 heteroatoms. The number of hydrogen-bond donors (Lipinski definition) is 0. The summed E-state index contributed by atoms with van der Waals surface area (Å²) in [6, 6.07) is 1.79. The van der Waals surface area contributed by atoms with Gasteiger partial charge < -0.3 is 5.21 Å². The van der Waals surface area contributed by atoms with Crippen LogP contribution in [0.4, 0.5) is 0 Å². The molecular formula is C14H20N4O3. The van der Waals surface area contributed by atoms with Crippen molar-refractivity contribution in [3.8, 4) is 5.82 Å². The fourth-order valence-electron chi connectivity index (χ4n) is 2.79. The van der Waals surface area contributed by atoms with Gasteiger partial charge in [-0.15, -0.1) is 0 Å². The van der Waals surface area contributed by atoms with Gasteiger partial charge in [-0.1, -0.05) is 12.0 Å². The maximum absolute atomic E-state index is 12.4. The predicted molar refractivity (Wildman–Crippen MR) is 78.7 cm³/mol. The molecule has 0 amide bonds. The first-order valence-electron chi connectivity index (χ1n) is 6.64. The van der Waals surface area contributed by atoms with Crippen LogP contribution in [-0.4, -0.2) is 13.9 Å². The minimum atomic E-state index is -0.439. The van der Waals surface area contributed by atoms with E-state index in [0.29, 0.717) is 23.4 Å². The predicted octanol–water partition coefficient (Wildman–Crippen LogP) is 0.481. The molecule has 0 unspecified atom stereocenters. The summed E-state index contributed by atoms with van der Waals surface area (Å²) in [5.74, 6) is 0.0972. The highest BCUT2D eigenvalue weighted by molar-refractivity contribution is 5.30. The Bertz CT molecular complexity index is 737. The molecule has 21 heavy (non-hydrogen) atoms. The Morgan fingerprint density at radius 2 is 1.62 bits per heavy atom. The molecule has 0 aliphatic carbocycles. The third-order valence-corrected chi connectivity index (χ3v) is 3.64. The molecule has 2 aromatic rings. The van der Waals surface area contributed by atoms with E-state index in [9.17, 15) is 14.8 Å². The Morgan fingerprint density at radius 3 is 2.10 bits per heavy atom.